The first-order valence-corrected chi connectivity index (χ1v) is 7.92. The summed E-state index contributed by atoms with van der Waals surface area (Å²) in [7, 11) is 0. The lowest BCUT2D eigenvalue weighted by Gasteiger charge is -2.19. The summed E-state index contributed by atoms with van der Waals surface area (Å²) in [5.41, 5.74) is 4.58. The molecule has 0 radical (unpaired) electrons. The SMILES string of the molecule is N#Cc1ccncc1N1CCN(c2ccc3ncsc3c2)C1=O. The monoisotopic (exact) mass is 321 g/mol. The molecule has 7 heteroatoms. The van der Waals surface area contributed by atoms with Gasteiger partial charge in [0.25, 0.3) is 0 Å². The molecule has 1 fully saturated rings. The van der Waals surface area contributed by atoms with Crippen molar-refractivity contribution in [3.63, 3.8) is 0 Å². The van der Waals surface area contributed by atoms with E-state index >= 15 is 0 Å². The summed E-state index contributed by atoms with van der Waals surface area (Å²) in [4.78, 5) is 24.4. The van der Waals surface area contributed by atoms with E-state index in [4.69, 9.17) is 0 Å². The maximum Gasteiger partial charge on any atom is 0.329 e. The van der Waals surface area contributed by atoms with Crippen LogP contribution in [0.5, 0.6) is 0 Å². The number of aromatic nitrogens is 2. The van der Waals surface area contributed by atoms with Crippen LogP contribution in [0, 0.1) is 11.3 Å². The van der Waals surface area contributed by atoms with Crippen molar-refractivity contribution in [1.82, 2.24) is 9.97 Å². The van der Waals surface area contributed by atoms with Crippen LogP contribution in [0.3, 0.4) is 0 Å². The quantitative estimate of drug-likeness (QED) is 0.727. The normalized spacial score (nSPS) is 14.5. The van der Waals surface area contributed by atoms with Crippen LogP contribution in [0.4, 0.5) is 16.2 Å². The molecule has 3 heterocycles. The first kappa shape index (κ1) is 13.7. The molecule has 1 aromatic carbocycles. The molecule has 0 saturated carbocycles. The number of pyridine rings is 1. The summed E-state index contributed by atoms with van der Waals surface area (Å²) in [6.45, 7) is 1.10. The Hall–Kier alpha value is -2.98. The zero-order valence-electron chi connectivity index (χ0n) is 12.0. The van der Waals surface area contributed by atoms with Gasteiger partial charge in [0.15, 0.2) is 0 Å². The average Bonchev–Trinajstić information content (AvgIpc) is 3.20. The van der Waals surface area contributed by atoms with Gasteiger partial charge in [-0.3, -0.25) is 14.8 Å². The first-order valence-electron chi connectivity index (χ1n) is 7.04. The summed E-state index contributed by atoms with van der Waals surface area (Å²) < 4.78 is 1.05. The van der Waals surface area contributed by atoms with Crippen molar-refractivity contribution in [3.8, 4) is 6.07 Å². The first-order chi connectivity index (χ1) is 11.3. The highest BCUT2D eigenvalue weighted by atomic mass is 32.1. The standard InChI is InChI=1S/C16H11N5OS/c17-8-11-3-4-18-9-14(11)21-6-5-20(16(21)22)12-1-2-13-15(7-12)23-10-19-13/h1-4,7,9-10H,5-6H2. The van der Waals surface area contributed by atoms with E-state index in [1.807, 2.05) is 18.2 Å². The molecule has 112 valence electrons. The summed E-state index contributed by atoms with van der Waals surface area (Å²) in [6, 6.07) is 9.38. The fourth-order valence-corrected chi connectivity index (χ4v) is 3.42. The van der Waals surface area contributed by atoms with Gasteiger partial charge in [-0.25, -0.2) is 9.78 Å². The Kier molecular flexibility index (Phi) is 3.17. The van der Waals surface area contributed by atoms with Gasteiger partial charge in [-0.15, -0.1) is 11.3 Å². The largest absolute Gasteiger partial charge is 0.329 e. The molecular formula is C16H11N5OS. The molecule has 1 aliphatic heterocycles. The summed E-state index contributed by atoms with van der Waals surface area (Å²) >= 11 is 1.55. The Morgan fingerprint density at radius 2 is 2.09 bits per heavy atom. The Morgan fingerprint density at radius 3 is 2.96 bits per heavy atom. The Morgan fingerprint density at radius 1 is 1.22 bits per heavy atom. The van der Waals surface area contributed by atoms with Gasteiger partial charge in [-0.05, 0) is 24.3 Å². The van der Waals surface area contributed by atoms with Gasteiger partial charge in [-0.2, -0.15) is 5.26 Å². The van der Waals surface area contributed by atoms with Gasteiger partial charge in [0, 0.05) is 25.0 Å². The molecule has 1 aliphatic rings. The minimum Gasteiger partial charge on any atom is -0.292 e. The topological polar surface area (TPSA) is 73.1 Å². The van der Waals surface area contributed by atoms with Crippen molar-refractivity contribution < 1.29 is 4.79 Å². The highest BCUT2D eigenvalue weighted by Crippen LogP contribution is 2.29. The third kappa shape index (κ3) is 2.20. The third-order valence-electron chi connectivity index (χ3n) is 3.85. The van der Waals surface area contributed by atoms with E-state index < -0.39 is 0 Å². The maximum atomic E-state index is 12.8. The molecule has 0 atom stereocenters. The number of carbonyl (C=O) groups is 1. The van der Waals surface area contributed by atoms with E-state index in [0.29, 0.717) is 24.3 Å². The molecule has 0 unspecified atom stereocenters. The van der Waals surface area contributed by atoms with E-state index in [1.54, 1.807) is 45.1 Å². The lowest BCUT2D eigenvalue weighted by Crippen LogP contribution is -2.32. The number of benzene rings is 1. The van der Waals surface area contributed by atoms with E-state index in [-0.39, 0.29) is 6.03 Å². The number of anilines is 2. The summed E-state index contributed by atoms with van der Waals surface area (Å²) in [5.74, 6) is 0. The number of rotatable bonds is 2. The van der Waals surface area contributed by atoms with Crippen LogP contribution in [0.2, 0.25) is 0 Å². The van der Waals surface area contributed by atoms with Crippen LogP contribution >= 0.6 is 11.3 Å². The second-order valence-corrected chi connectivity index (χ2v) is 5.98. The van der Waals surface area contributed by atoms with Crippen molar-refractivity contribution in [2.24, 2.45) is 0 Å². The number of amides is 2. The molecule has 1 saturated heterocycles. The molecular weight excluding hydrogens is 310 g/mol. The lowest BCUT2D eigenvalue weighted by molar-refractivity contribution is 0.256. The smallest absolute Gasteiger partial charge is 0.292 e. The molecule has 2 amide bonds. The van der Waals surface area contributed by atoms with Crippen molar-refractivity contribution in [3.05, 3.63) is 47.7 Å². The van der Waals surface area contributed by atoms with Gasteiger partial charge in [0.1, 0.15) is 6.07 Å². The molecule has 0 bridgehead atoms. The molecule has 0 N–H and O–H groups in total. The van der Waals surface area contributed by atoms with Crippen molar-refractivity contribution in [1.29, 1.82) is 5.26 Å². The summed E-state index contributed by atoms with van der Waals surface area (Å²) in [5, 5.41) is 9.21. The number of nitrogens with zero attached hydrogens (tertiary/aromatic N) is 5. The van der Waals surface area contributed by atoms with Crippen LogP contribution in [0.1, 0.15) is 5.56 Å². The fourth-order valence-electron chi connectivity index (χ4n) is 2.71. The van der Waals surface area contributed by atoms with Gasteiger partial charge in [0.05, 0.1) is 33.2 Å². The average molecular weight is 321 g/mol. The second kappa shape index (κ2) is 5.34. The molecule has 3 aromatic rings. The molecule has 23 heavy (non-hydrogen) atoms. The fraction of sp³-hybridized carbons (Fsp3) is 0.125. The molecule has 0 aliphatic carbocycles. The second-order valence-electron chi connectivity index (χ2n) is 5.09. The van der Waals surface area contributed by atoms with Gasteiger partial charge >= 0.3 is 6.03 Å². The van der Waals surface area contributed by atoms with Gasteiger partial charge < -0.3 is 0 Å². The predicted molar refractivity (Wildman–Crippen MR) is 88.7 cm³/mol. The minimum absolute atomic E-state index is 0.140. The van der Waals surface area contributed by atoms with Crippen LogP contribution in [-0.4, -0.2) is 29.1 Å². The molecule has 4 rings (SSSR count). The molecule has 2 aromatic heterocycles. The zero-order valence-corrected chi connectivity index (χ0v) is 12.8. The van der Waals surface area contributed by atoms with Crippen LogP contribution in [0.15, 0.2) is 42.2 Å². The Bertz CT molecular complexity index is 945. The van der Waals surface area contributed by atoms with Crippen LogP contribution in [-0.2, 0) is 0 Å². The summed E-state index contributed by atoms with van der Waals surface area (Å²) in [6.07, 6.45) is 3.12. The highest BCUT2D eigenvalue weighted by Gasteiger charge is 2.32. The number of fused-ring (bicyclic) bond motifs is 1. The number of hydrogen-bond donors (Lipinski definition) is 0. The molecule has 0 spiro atoms. The van der Waals surface area contributed by atoms with E-state index in [2.05, 4.69) is 16.0 Å². The van der Waals surface area contributed by atoms with Crippen LogP contribution in [0.25, 0.3) is 10.2 Å². The predicted octanol–water partition coefficient (Wildman–Crippen LogP) is 3.01. The number of urea groups is 1. The highest BCUT2D eigenvalue weighted by molar-refractivity contribution is 7.16. The lowest BCUT2D eigenvalue weighted by atomic mass is 10.2. The Labute approximate surface area is 136 Å². The molecule has 6 nitrogen and oxygen atoms in total. The van der Waals surface area contributed by atoms with Crippen LogP contribution < -0.4 is 9.80 Å². The van der Waals surface area contributed by atoms with E-state index in [9.17, 15) is 10.1 Å². The van der Waals surface area contributed by atoms with E-state index in [1.165, 1.54) is 0 Å². The van der Waals surface area contributed by atoms with Gasteiger partial charge in [-0.1, -0.05) is 0 Å². The van der Waals surface area contributed by atoms with Crippen molar-refractivity contribution in [2.45, 2.75) is 0 Å². The number of nitriles is 1. The third-order valence-corrected chi connectivity index (χ3v) is 4.64. The zero-order chi connectivity index (χ0) is 15.8. The minimum atomic E-state index is -0.140. The maximum absolute atomic E-state index is 12.8. The number of hydrogen-bond acceptors (Lipinski definition) is 5. The van der Waals surface area contributed by atoms with Crippen molar-refractivity contribution in [2.75, 3.05) is 22.9 Å². The Balaban J connectivity index is 1.68. The van der Waals surface area contributed by atoms with Crippen molar-refractivity contribution >= 4 is 39.0 Å². The van der Waals surface area contributed by atoms with E-state index in [0.717, 1.165) is 15.9 Å². The number of thiazole rings is 1. The van der Waals surface area contributed by atoms with Gasteiger partial charge in [0.2, 0.25) is 0 Å². The number of carbonyl (C=O) groups excluding carboxylic acids is 1.